The van der Waals surface area contributed by atoms with E-state index >= 15 is 0 Å². The third-order valence-electron chi connectivity index (χ3n) is 3.99. The van der Waals surface area contributed by atoms with Crippen molar-refractivity contribution in [3.63, 3.8) is 0 Å². The maximum Gasteiger partial charge on any atom is 0.172 e. The smallest absolute Gasteiger partial charge is 0.172 e. The van der Waals surface area contributed by atoms with E-state index < -0.39 is 0 Å². The second-order valence-corrected chi connectivity index (χ2v) is 6.48. The molecule has 3 rings (SSSR count). The number of nitriles is 1. The van der Waals surface area contributed by atoms with E-state index in [1.54, 1.807) is 18.2 Å². The number of hydrogen-bond acceptors (Lipinski definition) is 4. The maximum absolute atomic E-state index is 10.1. The van der Waals surface area contributed by atoms with Gasteiger partial charge in [-0.15, -0.1) is 0 Å². The zero-order valence-corrected chi connectivity index (χ0v) is 16.1. The number of benzene rings is 2. The first-order chi connectivity index (χ1) is 12.6. The van der Waals surface area contributed by atoms with Crippen molar-refractivity contribution < 1.29 is 9.84 Å². The van der Waals surface area contributed by atoms with Gasteiger partial charge in [-0.05, 0) is 65.7 Å². The van der Waals surface area contributed by atoms with E-state index in [-0.39, 0.29) is 5.75 Å². The van der Waals surface area contributed by atoms with Crippen molar-refractivity contribution in [1.82, 2.24) is 9.55 Å². The van der Waals surface area contributed by atoms with E-state index in [4.69, 9.17) is 4.74 Å². The zero-order valence-electron chi connectivity index (χ0n) is 14.5. The van der Waals surface area contributed by atoms with Crippen LogP contribution in [0.5, 0.6) is 11.5 Å². The summed E-state index contributed by atoms with van der Waals surface area (Å²) in [6.07, 6.45) is 1.75. The summed E-state index contributed by atoms with van der Waals surface area (Å²) in [5.41, 5.74) is 3.04. The zero-order chi connectivity index (χ0) is 18.7. The van der Waals surface area contributed by atoms with Crippen LogP contribution in [0.2, 0.25) is 0 Å². The predicted octanol–water partition coefficient (Wildman–Crippen LogP) is 4.99. The number of ether oxygens (including phenoxy) is 1. The Morgan fingerprint density at radius 1 is 1.35 bits per heavy atom. The standard InChI is InChI=1S/C20H18BrN3O2/c1-3-24-17-8-6-5-7-16(17)23-20(24)14(12-22)9-13-10-15(21)19(25)18(11-13)26-4-2/h5-11,25H,3-4H2,1-2H3/b14-9-. The van der Waals surface area contributed by atoms with Crippen molar-refractivity contribution >= 4 is 38.6 Å². The molecule has 1 aromatic heterocycles. The maximum atomic E-state index is 10.1. The van der Waals surface area contributed by atoms with Gasteiger partial charge in [0.25, 0.3) is 0 Å². The molecule has 0 atom stereocenters. The molecule has 2 aromatic carbocycles. The number of rotatable bonds is 5. The van der Waals surface area contributed by atoms with Crippen LogP contribution in [0, 0.1) is 11.3 Å². The van der Waals surface area contributed by atoms with Gasteiger partial charge in [-0.2, -0.15) is 5.26 Å². The Morgan fingerprint density at radius 2 is 2.12 bits per heavy atom. The second-order valence-electron chi connectivity index (χ2n) is 5.62. The fourth-order valence-corrected chi connectivity index (χ4v) is 3.32. The molecule has 26 heavy (non-hydrogen) atoms. The van der Waals surface area contributed by atoms with Gasteiger partial charge in [0.1, 0.15) is 6.07 Å². The van der Waals surface area contributed by atoms with Crippen LogP contribution in [-0.4, -0.2) is 21.3 Å². The highest BCUT2D eigenvalue weighted by atomic mass is 79.9. The molecule has 132 valence electrons. The number of phenols is 1. The number of allylic oxidation sites excluding steroid dienone is 1. The molecule has 6 heteroatoms. The highest BCUT2D eigenvalue weighted by molar-refractivity contribution is 9.10. The minimum Gasteiger partial charge on any atom is -0.503 e. The third-order valence-corrected chi connectivity index (χ3v) is 4.60. The number of aromatic nitrogens is 2. The van der Waals surface area contributed by atoms with Crippen LogP contribution >= 0.6 is 15.9 Å². The quantitative estimate of drug-likeness (QED) is 0.600. The second kappa shape index (κ2) is 7.63. The minimum absolute atomic E-state index is 0.0447. The molecule has 0 aliphatic heterocycles. The molecule has 0 aliphatic rings. The van der Waals surface area contributed by atoms with Crippen LogP contribution in [0.25, 0.3) is 22.7 Å². The molecular formula is C20H18BrN3O2. The number of halogens is 1. The summed E-state index contributed by atoms with van der Waals surface area (Å²) in [7, 11) is 0. The third kappa shape index (κ3) is 3.31. The van der Waals surface area contributed by atoms with Crippen LogP contribution < -0.4 is 4.74 Å². The number of aryl methyl sites for hydroxylation is 1. The predicted molar refractivity (Wildman–Crippen MR) is 106 cm³/mol. The molecule has 0 saturated heterocycles. The first-order valence-corrected chi connectivity index (χ1v) is 9.11. The van der Waals surface area contributed by atoms with Gasteiger partial charge in [0.15, 0.2) is 17.3 Å². The van der Waals surface area contributed by atoms with Gasteiger partial charge in [0.2, 0.25) is 0 Å². The highest BCUT2D eigenvalue weighted by Gasteiger charge is 2.15. The van der Waals surface area contributed by atoms with Crippen LogP contribution in [0.3, 0.4) is 0 Å². The molecule has 0 saturated carbocycles. The average Bonchev–Trinajstić information content (AvgIpc) is 3.02. The SMILES string of the molecule is CCOc1cc(/C=C(/C#N)c2nc3ccccc3n2CC)cc(Br)c1O. The summed E-state index contributed by atoms with van der Waals surface area (Å²) < 4.78 is 7.99. The molecule has 3 aromatic rings. The van der Waals surface area contributed by atoms with Crippen LogP contribution in [0.1, 0.15) is 25.2 Å². The Kier molecular flexibility index (Phi) is 5.29. The molecule has 0 unspecified atom stereocenters. The van der Waals surface area contributed by atoms with Gasteiger partial charge < -0.3 is 14.4 Å². The average molecular weight is 412 g/mol. The molecule has 0 fully saturated rings. The number of fused-ring (bicyclic) bond motifs is 1. The monoisotopic (exact) mass is 411 g/mol. The van der Waals surface area contributed by atoms with Crippen molar-refractivity contribution in [3.8, 4) is 17.6 Å². The van der Waals surface area contributed by atoms with Crippen LogP contribution in [-0.2, 0) is 6.54 Å². The molecule has 0 amide bonds. The Morgan fingerprint density at radius 3 is 2.81 bits per heavy atom. The van der Waals surface area contributed by atoms with E-state index in [0.29, 0.717) is 34.8 Å². The summed E-state index contributed by atoms with van der Waals surface area (Å²) in [6, 6.07) is 13.5. The van der Waals surface area contributed by atoms with Crippen molar-refractivity contribution in [2.45, 2.75) is 20.4 Å². The number of hydrogen-bond donors (Lipinski definition) is 1. The lowest BCUT2D eigenvalue weighted by Gasteiger charge is -2.09. The van der Waals surface area contributed by atoms with E-state index in [1.807, 2.05) is 42.7 Å². The molecule has 5 nitrogen and oxygen atoms in total. The molecular weight excluding hydrogens is 394 g/mol. The minimum atomic E-state index is 0.0447. The summed E-state index contributed by atoms with van der Waals surface area (Å²) >= 11 is 3.33. The summed E-state index contributed by atoms with van der Waals surface area (Å²) in [5.74, 6) is 1.04. The molecule has 0 aliphatic carbocycles. The number of para-hydroxylation sites is 2. The van der Waals surface area contributed by atoms with E-state index in [9.17, 15) is 10.4 Å². The number of aromatic hydroxyl groups is 1. The van der Waals surface area contributed by atoms with E-state index in [0.717, 1.165) is 16.6 Å². The molecule has 1 N–H and O–H groups in total. The Labute approximate surface area is 160 Å². The first kappa shape index (κ1) is 18.0. The van der Waals surface area contributed by atoms with Gasteiger partial charge in [-0.1, -0.05) is 12.1 Å². The summed E-state index contributed by atoms with van der Waals surface area (Å²) in [6.45, 7) is 5.01. The van der Waals surface area contributed by atoms with Crippen molar-refractivity contribution in [1.29, 1.82) is 5.26 Å². The van der Waals surface area contributed by atoms with E-state index in [2.05, 4.69) is 27.0 Å². The Hall–Kier alpha value is -2.78. The van der Waals surface area contributed by atoms with Crippen LogP contribution in [0.4, 0.5) is 0 Å². The first-order valence-electron chi connectivity index (χ1n) is 8.31. The highest BCUT2D eigenvalue weighted by Crippen LogP contribution is 2.36. The van der Waals surface area contributed by atoms with E-state index in [1.165, 1.54) is 0 Å². The summed E-state index contributed by atoms with van der Waals surface area (Å²) in [5, 5.41) is 19.8. The van der Waals surface area contributed by atoms with Crippen molar-refractivity contribution in [2.24, 2.45) is 0 Å². The largest absolute Gasteiger partial charge is 0.503 e. The Balaban J connectivity index is 2.14. The normalized spacial score (nSPS) is 11.5. The molecule has 0 radical (unpaired) electrons. The number of imidazole rings is 1. The lowest BCUT2D eigenvalue weighted by molar-refractivity contribution is 0.317. The van der Waals surface area contributed by atoms with Crippen LogP contribution in [0.15, 0.2) is 40.9 Å². The topological polar surface area (TPSA) is 71.1 Å². The van der Waals surface area contributed by atoms with Crippen molar-refractivity contribution in [2.75, 3.05) is 6.61 Å². The molecule has 0 spiro atoms. The van der Waals surface area contributed by atoms with Gasteiger partial charge in [-0.3, -0.25) is 0 Å². The lowest BCUT2D eigenvalue weighted by Crippen LogP contribution is -2.00. The van der Waals surface area contributed by atoms with Gasteiger partial charge in [0.05, 0.1) is 27.7 Å². The fraction of sp³-hybridized carbons (Fsp3) is 0.200. The number of phenolic OH excluding ortho intramolecular Hbond substituents is 1. The van der Waals surface area contributed by atoms with Gasteiger partial charge in [-0.25, -0.2) is 4.98 Å². The fourth-order valence-electron chi connectivity index (χ4n) is 2.86. The lowest BCUT2D eigenvalue weighted by atomic mass is 10.1. The summed E-state index contributed by atoms with van der Waals surface area (Å²) in [4.78, 5) is 4.63. The molecule has 1 heterocycles. The van der Waals surface area contributed by atoms with Gasteiger partial charge in [0, 0.05) is 6.54 Å². The number of nitrogens with zero attached hydrogens (tertiary/aromatic N) is 3. The molecule has 0 bridgehead atoms. The van der Waals surface area contributed by atoms with Gasteiger partial charge >= 0.3 is 0 Å². The van der Waals surface area contributed by atoms with Crippen molar-refractivity contribution in [3.05, 3.63) is 52.3 Å². The Bertz CT molecular complexity index is 1030.